The Hall–Kier alpha value is -1.16. The lowest BCUT2D eigenvalue weighted by molar-refractivity contribution is -0.142. The Morgan fingerprint density at radius 3 is 2.63 bits per heavy atom. The molecule has 0 radical (unpaired) electrons. The van der Waals surface area contributed by atoms with Crippen LogP contribution in [0.3, 0.4) is 0 Å². The Morgan fingerprint density at radius 2 is 2.05 bits per heavy atom. The van der Waals surface area contributed by atoms with Crippen molar-refractivity contribution in [3.8, 4) is 0 Å². The van der Waals surface area contributed by atoms with Gasteiger partial charge in [0.2, 0.25) is 0 Å². The summed E-state index contributed by atoms with van der Waals surface area (Å²) in [7, 11) is 0. The Bertz CT molecular complexity index is 419. The number of aliphatic carboxylic acids is 1. The molecule has 1 aliphatic carbocycles. The van der Waals surface area contributed by atoms with Gasteiger partial charge in [-0.15, -0.1) is 11.3 Å². The number of ketones is 1. The molecule has 0 saturated heterocycles. The molecule has 1 saturated carbocycles. The van der Waals surface area contributed by atoms with Gasteiger partial charge in [-0.1, -0.05) is 38.2 Å². The standard InChI is InChI=1S/C15H20O3S/c16-13(14-7-4-8-19-14)10-12(15(17)18)9-11-5-2-1-3-6-11/h4,7-8,11-12H,1-3,5-6,9-10H2,(H,17,18). The van der Waals surface area contributed by atoms with Gasteiger partial charge in [0.25, 0.3) is 0 Å². The molecule has 4 heteroatoms. The van der Waals surface area contributed by atoms with Crippen molar-refractivity contribution in [3.63, 3.8) is 0 Å². The number of hydrogen-bond acceptors (Lipinski definition) is 3. The van der Waals surface area contributed by atoms with Crippen LogP contribution in [0.4, 0.5) is 0 Å². The van der Waals surface area contributed by atoms with E-state index in [1.54, 1.807) is 6.07 Å². The maximum atomic E-state index is 12.0. The molecule has 1 N–H and O–H groups in total. The number of carboxylic acid groups (broad SMARTS) is 1. The molecule has 1 atom stereocenters. The van der Waals surface area contributed by atoms with Crippen molar-refractivity contribution < 1.29 is 14.7 Å². The zero-order chi connectivity index (χ0) is 13.7. The van der Waals surface area contributed by atoms with Gasteiger partial charge >= 0.3 is 5.97 Å². The van der Waals surface area contributed by atoms with Crippen LogP contribution in [0.2, 0.25) is 0 Å². The topological polar surface area (TPSA) is 54.4 Å². The summed E-state index contributed by atoms with van der Waals surface area (Å²) in [6, 6.07) is 3.60. The van der Waals surface area contributed by atoms with Crippen LogP contribution >= 0.6 is 11.3 Å². The third kappa shape index (κ3) is 4.16. The maximum absolute atomic E-state index is 12.0. The number of carboxylic acids is 1. The number of carbonyl (C=O) groups excluding carboxylic acids is 1. The Balaban J connectivity index is 1.92. The SMILES string of the molecule is O=C(CC(CC1CCCCC1)C(=O)O)c1cccs1. The molecule has 1 aromatic heterocycles. The highest BCUT2D eigenvalue weighted by molar-refractivity contribution is 7.12. The third-order valence-electron chi connectivity index (χ3n) is 3.92. The second kappa shape index (κ2) is 6.85. The summed E-state index contributed by atoms with van der Waals surface area (Å²) >= 11 is 1.39. The van der Waals surface area contributed by atoms with E-state index in [-0.39, 0.29) is 12.2 Å². The molecule has 2 rings (SSSR count). The quantitative estimate of drug-likeness (QED) is 0.801. The number of thiophene rings is 1. The zero-order valence-electron chi connectivity index (χ0n) is 11.0. The fourth-order valence-electron chi connectivity index (χ4n) is 2.86. The van der Waals surface area contributed by atoms with Crippen LogP contribution in [0.15, 0.2) is 17.5 Å². The highest BCUT2D eigenvalue weighted by atomic mass is 32.1. The van der Waals surface area contributed by atoms with Crippen LogP contribution in [-0.4, -0.2) is 16.9 Å². The molecule has 1 aromatic rings. The van der Waals surface area contributed by atoms with Crippen LogP contribution in [-0.2, 0) is 4.79 Å². The monoisotopic (exact) mass is 280 g/mol. The molecular weight excluding hydrogens is 260 g/mol. The summed E-state index contributed by atoms with van der Waals surface area (Å²) in [6.07, 6.45) is 6.72. The summed E-state index contributed by atoms with van der Waals surface area (Å²) in [5, 5.41) is 11.2. The molecule has 0 aromatic carbocycles. The molecule has 0 spiro atoms. The van der Waals surface area contributed by atoms with Gasteiger partial charge in [0.1, 0.15) is 0 Å². The maximum Gasteiger partial charge on any atom is 0.306 e. The van der Waals surface area contributed by atoms with E-state index in [4.69, 9.17) is 0 Å². The first-order valence-corrected chi connectivity index (χ1v) is 7.84. The van der Waals surface area contributed by atoms with Crippen LogP contribution in [0.25, 0.3) is 0 Å². The Labute approximate surface area is 117 Å². The number of Topliss-reactive ketones (excluding diaryl/α,β-unsaturated/α-hetero) is 1. The second-order valence-electron chi connectivity index (χ2n) is 5.38. The fourth-order valence-corrected chi connectivity index (χ4v) is 3.53. The highest BCUT2D eigenvalue weighted by Gasteiger charge is 2.26. The molecule has 0 amide bonds. The van der Waals surface area contributed by atoms with Crippen molar-refractivity contribution in [3.05, 3.63) is 22.4 Å². The fraction of sp³-hybridized carbons (Fsp3) is 0.600. The number of rotatable bonds is 6. The molecule has 0 aliphatic heterocycles. The summed E-state index contributed by atoms with van der Waals surface area (Å²) in [4.78, 5) is 24.0. The van der Waals surface area contributed by atoms with Crippen molar-refractivity contribution in [2.45, 2.75) is 44.9 Å². The van der Waals surface area contributed by atoms with E-state index in [0.29, 0.717) is 17.2 Å². The minimum atomic E-state index is -0.824. The van der Waals surface area contributed by atoms with Gasteiger partial charge in [0.15, 0.2) is 5.78 Å². The van der Waals surface area contributed by atoms with Crippen molar-refractivity contribution in [1.82, 2.24) is 0 Å². The van der Waals surface area contributed by atoms with Crippen molar-refractivity contribution in [1.29, 1.82) is 0 Å². The molecule has 3 nitrogen and oxygen atoms in total. The Kier molecular flexibility index (Phi) is 5.14. The van der Waals surface area contributed by atoms with E-state index in [1.165, 1.54) is 30.6 Å². The minimum Gasteiger partial charge on any atom is -0.481 e. The molecule has 1 heterocycles. The first-order valence-electron chi connectivity index (χ1n) is 6.96. The van der Waals surface area contributed by atoms with Gasteiger partial charge in [-0.25, -0.2) is 0 Å². The van der Waals surface area contributed by atoms with E-state index in [0.717, 1.165) is 12.8 Å². The molecule has 0 bridgehead atoms. The van der Waals surface area contributed by atoms with Crippen LogP contribution in [0.5, 0.6) is 0 Å². The molecule has 1 aliphatic rings. The lowest BCUT2D eigenvalue weighted by Crippen LogP contribution is -2.22. The zero-order valence-corrected chi connectivity index (χ0v) is 11.8. The minimum absolute atomic E-state index is 0.0294. The highest BCUT2D eigenvalue weighted by Crippen LogP contribution is 2.31. The average Bonchev–Trinajstić information content (AvgIpc) is 2.93. The largest absolute Gasteiger partial charge is 0.481 e. The van der Waals surface area contributed by atoms with Gasteiger partial charge in [-0.05, 0) is 23.8 Å². The van der Waals surface area contributed by atoms with Crippen molar-refractivity contribution in [2.75, 3.05) is 0 Å². The van der Waals surface area contributed by atoms with Crippen LogP contribution in [0.1, 0.15) is 54.6 Å². The Morgan fingerprint density at radius 1 is 1.32 bits per heavy atom. The van der Waals surface area contributed by atoms with E-state index in [2.05, 4.69) is 0 Å². The van der Waals surface area contributed by atoms with Crippen LogP contribution < -0.4 is 0 Å². The van der Waals surface area contributed by atoms with Gasteiger partial charge < -0.3 is 5.11 Å². The van der Waals surface area contributed by atoms with Gasteiger partial charge in [0, 0.05) is 6.42 Å². The number of carbonyl (C=O) groups is 2. The first kappa shape index (κ1) is 14.3. The average molecular weight is 280 g/mol. The predicted molar refractivity (Wildman–Crippen MR) is 75.6 cm³/mol. The molecule has 1 fully saturated rings. The first-order chi connectivity index (χ1) is 9.16. The van der Waals surface area contributed by atoms with Crippen molar-refractivity contribution in [2.24, 2.45) is 11.8 Å². The lowest BCUT2D eigenvalue weighted by Gasteiger charge is -2.24. The normalized spacial score (nSPS) is 18.1. The van der Waals surface area contributed by atoms with E-state index < -0.39 is 11.9 Å². The number of hydrogen-bond donors (Lipinski definition) is 1. The summed E-state index contributed by atoms with van der Waals surface area (Å²) in [5.74, 6) is -0.877. The van der Waals surface area contributed by atoms with E-state index in [1.807, 2.05) is 11.4 Å². The molecular formula is C15H20O3S. The van der Waals surface area contributed by atoms with Crippen molar-refractivity contribution >= 4 is 23.1 Å². The van der Waals surface area contributed by atoms with E-state index in [9.17, 15) is 14.7 Å². The summed E-state index contributed by atoms with van der Waals surface area (Å²) in [6.45, 7) is 0. The molecule has 19 heavy (non-hydrogen) atoms. The van der Waals surface area contributed by atoms with Crippen LogP contribution in [0, 0.1) is 11.8 Å². The van der Waals surface area contributed by atoms with Gasteiger partial charge in [-0.2, -0.15) is 0 Å². The second-order valence-corrected chi connectivity index (χ2v) is 6.33. The molecule has 104 valence electrons. The third-order valence-corrected chi connectivity index (χ3v) is 4.83. The van der Waals surface area contributed by atoms with Gasteiger partial charge in [0.05, 0.1) is 10.8 Å². The summed E-state index contributed by atoms with van der Waals surface area (Å²) < 4.78 is 0. The predicted octanol–water partition coefficient (Wildman–Crippen LogP) is 3.99. The molecule has 1 unspecified atom stereocenters. The van der Waals surface area contributed by atoms with E-state index >= 15 is 0 Å². The smallest absolute Gasteiger partial charge is 0.306 e. The lowest BCUT2D eigenvalue weighted by atomic mass is 9.81. The summed E-state index contributed by atoms with van der Waals surface area (Å²) in [5.41, 5.74) is 0. The van der Waals surface area contributed by atoms with Gasteiger partial charge in [-0.3, -0.25) is 9.59 Å².